The van der Waals surface area contributed by atoms with Gasteiger partial charge < -0.3 is 25.0 Å². The van der Waals surface area contributed by atoms with E-state index in [1.165, 1.54) is 0 Å². The molecule has 0 atom stereocenters. The number of anilines is 1. The fourth-order valence-electron chi connectivity index (χ4n) is 3.39. The van der Waals surface area contributed by atoms with Gasteiger partial charge in [0.2, 0.25) is 5.91 Å². The van der Waals surface area contributed by atoms with Gasteiger partial charge in [0.15, 0.2) is 17.5 Å². The number of halogens is 1. The van der Waals surface area contributed by atoms with E-state index in [4.69, 9.17) is 9.47 Å². The number of para-hydroxylation sites is 1. The maximum Gasteiger partial charge on any atom is 0.227 e. The first-order valence-electron chi connectivity index (χ1n) is 9.70. The molecule has 0 spiro atoms. The van der Waals surface area contributed by atoms with Gasteiger partial charge in [-0.1, -0.05) is 24.3 Å². The van der Waals surface area contributed by atoms with Crippen LogP contribution in [0.4, 0.5) is 5.69 Å². The highest BCUT2D eigenvalue weighted by Gasteiger charge is 2.21. The summed E-state index contributed by atoms with van der Waals surface area (Å²) < 4.78 is 10.8. The van der Waals surface area contributed by atoms with Crippen molar-refractivity contribution in [3.63, 3.8) is 0 Å². The Morgan fingerprint density at radius 1 is 1.07 bits per heavy atom. The molecule has 2 aromatic rings. The largest absolute Gasteiger partial charge is 0.493 e. The number of aliphatic imine (C=N–C) groups is 1. The van der Waals surface area contributed by atoms with E-state index in [1.807, 2.05) is 47.4 Å². The lowest BCUT2D eigenvalue weighted by Crippen LogP contribution is -2.36. The maximum atomic E-state index is 11.9. The van der Waals surface area contributed by atoms with E-state index in [1.54, 1.807) is 21.3 Å². The Morgan fingerprint density at radius 3 is 2.40 bits per heavy atom. The summed E-state index contributed by atoms with van der Waals surface area (Å²) in [5.41, 5.74) is 3.06. The first-order valence-corrected chi connectivity index (χ1v) is 9.70. The molecule has 0 saturated carbocycles. The highest BCUT2D eigenvalue weighted by Crippen LogP contribution is 2.30. The Balaban J connectivity index is 0.00000320. The van der Waals surface area contributed by atoms with Crippen molar-refractivity contribution >= 4 is 41.5 Å². The number of methoxy groups -OCH3 is 2. The molecule has 1 aliphatic heterocycles. The molecule has 30 heavy (non-hydrogen) atoms. The second-order valence-electron chi connectivity index (χ2n) is 6.75. The molecule has 2 aromatic carbocycles. The van der Waals surface area contributed by atoms with Crippen LogP contribution >= 0.6 is 24.0 Å². The molecule has 2 N–H and O–H groups in total. The molecule has 0 unspecified atom stereocenters. The van der Waals surface area contributed by atoms with E-state index in [2.05, 4.69) is 15.6 Å². The van der Waals surface area contributed by atoms with Gasteiger partial charge in [-0.2, -0.15) is 0 Å². The number of ether oxygens (including phenoxy) is 2. The zero-order valence-corrected chi connectivity index (χ0v) is 19.9. The van der Waals surface area contributed by atoms with Crippen LogP contribution in [0.5, 0.6) is 11.5 Å². The molecule has 0 radical (unpaired) electrons. The Hall–Kier alpha value is -2.49. The standard InChI is InChI=1S/C22H28N4O3.HI/c1-23-22(25-15-17-6-4-7-19(28-2)21(17)29-3)24-14-16-9-11-18(12-10-16)26-13-5-8-20(26)27;/h4,6-7,9-12H,5,8,13-15H2,1-3H3,(H2,23,24,25);1H. The number of amides is 1. The Bertz CT molecular complexity index is 871. The predicted molar refractivity (Wildman–Crippen MR) is 130 cm³/mol. The summed E-state index contributed by atoms with van der Waals surface area (Å²) in [5.74, 6) is 2.30. The minimum absolute atomic E-state index is 0. The Morgan fingerprint density at radius 2 is 1.80 bits per heavy atom. The second kappa shape index (κ2) is 11.6. The van der Waals surface area contributed by atoms with Gasteiger partial charge in [0, 0.05) is 44.4 Å². The number of hydrogen-bond donors (Lipinski definition) is 2. The molecule has 7 nitrogen and oxygen atoms in total. The number of nitrogens with one attached hydrogen (secondary N) is 2. The summed E-state index contributed by atoms with van der Waals surface area (Å²) in [6.45, 7) is 1.99. The van der Waals surface area contributed by atoms with Crippen LogP contribution in [0, 0.1) is 0 Å². The quantitative estimate of drug-likeness (QED) is 0.331. The van der Waals surface area contributed by atoms with E-state index in [0.29, 0.717) is 37.0 Å². The minimum atomic E-state index is 0. The van der Waals surface area contributed by atoms with E-state index in [9.17, 15) is 4.79 Å². The molecular formula is C22H29IN4O3. The van der Waals surface area contributed by atoms with Gasteiger partial charge >= 0.3 is 0 Å². The fraction of sp³-hybridized carbons (Fsp3) is 0.364. The Labute approximate surface area is 194 Å². The van der Waals surface area contributed by atoms with E-state index < -0.39 is 0 Å². The van der Waals surface area contributed by atoms with E-state index in [0.717, 1.165) is 29.8 Å². The summed E-state index contributed by atoms with van der Waals surface area (Å²) in [6, 6.07) is 13.9. The smallest absolute Gasteiger partial charge is 0.227 e. The number of rotatable bonds is 7. The van der Waals surface area contributed by atoms with Crippen LogP contribution in [0.15, 0.2) is 47.5 Å². The van der Waals surface area contributed by atoms with Crippen LogP contribution < -0.4 is 25.0 Å². The molecule has 162 valence electrons. The van der Waals surface area contributed by atoms with Gasteiger partial charge in [0.05, 0.1) is 14.2 Å². The Kier molecular flexibility index (Phi) is 9.22. The van der Waals surface area contributed by atoms with E-state index in [-0.39, 0.29) is 29.9 Å². The van der Waals surface area contributed by atoms with Crippen molar-refractivity contribution in [2.75, 3.05) is 32.7 Å². The van der Waals surface area contributed by atoms with Crippen LogP contribution in [0.1, 0.15) is 24.0 Å². The number of benzene rings is 2. The van der Waals surface area contributed by atoms with Gasteiger partial charge in [0.25, 0.3) is 0 Å². The van der Waals surface area contributed by atoms with Crippen molar-refractivity contribution < 1.29 is 14.3 Å². The number of carbonyl (C=O) groups is 1. The van der Waals surface area contributed by atoms with Crippen LogP contribution in [-0.2, 0) is 17.9 Å². The van der Waals surface area contributed by atoms with Crippen LogP contribution in [0.2, 0.25) is 0 Å². The zero-order valence-electron chi connectivity index (χ0n) is 17.6. The van der Waals surface area contributed by atoms with Crippen molar-refractivity contribution in [3.05, 3.63) is 53.6 Å². The van der Waals surface area contributed by atoms with Crippen molar-refractivity contribution in [1.82, 2.24) is 10.6 Å². The summed E-state index contributed by atoms with van der Waals surface area (Å²) in [6.07, 6.45) is 1.57. The van der Waals surface area contributed by atoms with E-state index >= 15 is 0 Å². The molecule has 0 bridgehead atoms. The second-order valence-corrected chi connectivity index (χ2v) is 6.75. The average Bonchev–Trinajstić information content (AvgIpc) is 3.19. The lowest BCUT2D eigenvalue weighted by Gasteiger charge is -2.17. The van der Waals surface area contributed by atoms with Gasteiger partial charge in [-0.25, -0.2) is 0 Å². The van der Waals surface area contributed by atoms with Gasteiger partial charge in [0.1, 0.15) is 0 Å². The topological polar surface area (TPSA) is 75.2 Å². The number of carbonyl (C=O) groups excluding carboxylic acids is 1. The summed E-state index contributed by atoms with van der Waals surface area (Å²) in [5, 5.41) is 6.60. The van der Waals surface area contributed by atoms with Gasteiger partial charge in [-0.3, -0.25) is 9.79 Å². The third-order valence-electron chi connectivity index (χ3n) is 4.94. The van der Waals surface area contributed by atoms with Crippen molar-refractivity contribution in [3.8, 4) is 11.5 Å². The van der Waals surface area contributed by atoms with Crippen LogP contribution in [-0.4, -0.2) is 39.7 Å². The molecule has 1 saturated heterocycles. The first kappa shape index (κ1) is 23.8. The zero-order chi connectivity index (χ0) is 20.6. The third-order valence-corrected chi connectivity index (χ3v) is 4.94. The molecule has 1 aliphatic rings. The molecule has 8 heteroatoms. The molecule has 0 aliphatic carbocycles. The lowest BCUT2D eigenvalue weighted by atomic mass is 10.2. The fourth-order valence-corrected chi connectivity index (χ4v) is 3.39. The minimum Gasteiger partial charge on any atom is -0.493 e. The van der Waals surface area contributed by atoms with Crippen LogP contribution in [0.25, 0.3) is 0 Å². The maximum absolute atomic E-state index is 11.9. The molecule has 1 heterocycles. The summed E-state index contributed by atoms with van der Waals surface area (Å²) in [4.78, 5) is 18.0. The normalized spacial score (nSPS) is 13.6. The predicted octanol–water partition coefficient (Wildman–Crippen LogP) is 3.31. The first-order chi connectivity index (χ1) is 14.2. The average molecular weight is 524 g/mol. The van der Waals surface area contributed by atoms with Crippen LogP contribution in [0.3, 0.4) is 0 Å². The number of guanidine groups is 1. The molecule has 0 aromatic heterocycles. The molecule has 1 fully saturated rings. The monoisotopic (exact) mass is 524 g/mol. The van der Waals surface area contributed by atoms with Crippen molar-refractivity contribution in [1.29, 1.82) is 0 Å². The molecule has 3 rings (SSSR count). The van der Waals surface area contributed by atoms with Crippen molar-refractivity contribution in [2.24, 2.45) is 4.99 Å². The molecular weight excluding hydrogens is 495 g/mol. The summed E-state index contributed by atoms with van der Waals surface area (Å²) >= 11 is 0. The highest BCUT2D eigenvalue weighted by atomic mass is 127. The summed E-state index contributed by atoms with van der Waals surface area (Å²) in [7, 11) is 4.99. The number of hydrogen-bond acceptors (Lipinski definition) is 4. The van der Waals surface area contributed by atoms with Gasteiger partial charge in [-0.15, -0.1) is 24.0 Å². The van der Waals surface area contributed by atoms with Gasteiger partial charge in [-0.05, 0) is 30.2 Å². The highest BCUT2D eigenvalue weighted by molar-refractivity contribution is 14.0. The molecule has 1 amide bonds. The van der Waals surface area contributed by atoms with Crippen molar-refractivity contribution in [2.45, 2.75) is 25.9 Å². The SMILES string of the molecule is CN=C(NCc1ccc(N2CCCC2=O)cc1)NCc1cccc(OC)c1OC.I. The lowest BCUT2D eigenvalue weighted by molar-refractivity contribution is -0.117. The third kappa shape index (κ3) is 5.78. The number of nitrogens with zero attached hydrogens (tertiary/aromatic N) is 2.